The molecule has 0 bridgehead atoms. The van der Waals surface area contributed by atoms with Crippen LogP contribution in [0.4, 0.5) is 11.4 Å². The maximum absolute atomic E-state index is 12.2. The van der Waals surface area contributed by atoms with Crippen molar-refractivity contribution in [3.8, 4) is 5.75 Å². The van der Waals surface area contributed by atoms with Crippen LogP contribution >= 0.6 is 23.2 Å². The highest BCUT2D eigenvalue weighted by Crippen LogP contribution is 2.29. The first kappa shape index (κ1) is 14.4. The van der Waals surface area contributed by atoms with Gasteiger partial charge in [-0.05, 0) is 12.1 Å². The first-order valence-corrected chi connectivity index (χ1v) is 6.20. The van der Waals surface area contributed by atoms with Crippen molar-refractivity contribution in [3.63, 3.8) is 0 Å². The van der Waals surface area contributed by atoms with Crippen molar-refractivity contribution < 1.29 is 9.53 Å². The number of carbonyl (C=O) groups is 1. The van der Waals surface area contributed by atoms with Gasteiger partial charge < -0.3 is 15.8 Å². The van der Waals surface area contributed by atoms with Gasteiger partial charge in [-0.3, -0.25) is 4.79 Å². The molecule has 104 valence electrons. The minimum atomic E-state index is -0.486. The number of amides is 1. The molecule has 0 saturated heterocycles. The standard InChI is InChI=1S/C12H10Cl2N4O2/c1-20-7-4-2-3-6(8(7)15)12(19)18-9-10(13)16-5-17-11(9)14/h2-5H,15H2,1H3,(H,18,19). The van der Waals surface area contributed by atoms with Crippen LogP contribution < -0.4 is 15.8 Å². The van der Waals surface area contributed by atoms with Gasteiger partial charge in [0.2, 0.25) is 0 Å². The van der Waals surface area contributed by atoms with E-state index in [9.17, 15) is 4.79 Å². The van der Waals surface area contributed by atoms with Crippen molar-refractivity contribution in [1.82, 2.24) is 9.97 Å². The Morgan fingerprint density at radius 1 is 1.30 bits per heavy atom. The van der Waals surface area contributed by atoms with Gasteiger partial charge in [-0.25, -0.2) is 9.97 Å². The Morgan fingerprint density at radius 3 is 2.55 bits per heavy atom. The summed E-state index contributed by atoms with van der Waals surface area (Å²) in [7, 11) is 1.46. The maximum Gasteiger partial charge on any atom is 0.258 e. The molecule has 0 radical (unpaired) electrons. The summed E-state index contributed by atoms with van der Waals surface area (Å²) in [5.41, 5.74) is 6.42. The van der Waals surface area contributed by atoms with Crippen LogP contribution in [0, 0.1) is 0 Å². The first-order chi connectivity index (χ1) is 9.54. The fraction of sp³-hybridized carbons (Fsp3) is 0.0833. The fourth-order valence-corrected chi connectivity index (χ4v) is 1.96. The highest BCUT2D eigenvalue weighted by Gasteiger charge is 2.17. The van der Waals surface area contributed by atoms with Crippen molar-refractivity contribution in [1.29, 1.82) is 0 Å². The summed E-state index contributed by atoms with van der Waals surface area (Å²) in [6, 6.07) is 4.85. The van der Waals surface area contributed by atoms with Gasteiger partial charge in [0.15, 0.2) is 10.3 Å². The van der Waals surface area contributed by atoms with Gasteiger partial charge in [0.1, 0.15) is 17.8 Å². The Morgan fingerprint density at radius 2 is 1.95 bits per heavy atom. The number of nitrogens with zero attached hydrogens (tertiary/aromatic N) is 2. The molecule has 2 rings (SSSR count). The second-order valence-electron chi connectivity index (χ2n) is 3.71. The topological polar surface area (TPSA) is 90.1 Å². The minimum absolute atomic E-state index is 0.0415. The van der Waals surface area contributed by atoms with E-state index in [1.807, 2.05) is 0 Å². The summed E-state index contributed by atoms with van der Waals surface area (Å²) in [4.78, 5) is 19.7. The number of nitrogens with one attached hydrogen (secondary N) is 1. The molecule has 2 aromatic rings. The van der Waals surface area contributed by atoms with Crippen molar-refractivity contribution in [3.05, 3.63) is 40.4 Å². The molecule has 0 atom stereocenters. The number of hydrogen-bond acceptors (Lipinski definition) is 5. The molecule has 1 aromatic carbocycles. The predicted molar refractivity (Wildman–Crippen MR) is 77.4 cm³/mol. The molecule has 0 spiro atoms. The lowest BCUT2D eigenvalue weighted by Gasteiger charge is -2.11. The third kappa shape index (κ3) is 2.76. The predicted octanol–water partition coefficient (Wildman–Crippen LogP) is 2.63. The highest BCUT2D eigenvalue weighted by molar-refractivity contribution is 6.38. The van der Waals surface area contributed by atoms with Gasteiger partial charge in [-0.2, -0.15) is 0 Å². The van der Waals surface area contributed by atoms with Crippen LogP contribution in [-0.2, 0) is 0 Å². The summed E-state index contributed by atoms with van der Waals surface area (Å²) in [5.74, 6) is -0.0841. The Hall–Kier alpha value is -2.05. The van der Waals surface area contributed by atoms with E-state index in [1.54, 1.807) is 18.2 Å². The van der Waals surface area contributed by atoms with Crippen molar-refractivity contribution in [2.45, 2.75) is 0 Å². The average molecular weight is 313 g/mol. The Bertz CT molecular complexity index is 644. The van der Waals surface area contributed by atoms with E-state index in [1.165, 1.54) is 13.4 Å². The zero-order chi connectivity index (χ0) is 14.7. The third-order valence-electron chi connectivity index (χ3n) is 2.52. The smallest absolute Gasteiger partial charge is 0.258 e. The van der Waals surface area contributed by atoms with Crippen LogP contribution in [-0.4, -0.2) is 23.0 Å². The van der Waals surface area contributed by atoms with Crippen LogP contribution in [0.2, 0.25) is 10.3 Å². The average Bonchev–Trinajstić information content (AvgIpc) is 2.43. The van der Waals surface area contributed by atoms with Crippen LogP contribution in [0.25, 0.3) is 0 Å². The van der Waals surface area contributed by atoms with Crippen LogP contribution in [0.3, 0.4) is 0 Å². The molecule has 0 fully saturated rings. The molecule has 8 heteroatoms. The molecule has 0 aliphatic heterocycles. The number of benzene rings is 1. The van der Waals surface area contributed by atoms with Gasteiger partial charge in [0, 0.05) is 0 Å². The summed E-state index contributed by atoms with van der Waals surface area (Å²) in [6.07, 6.45) is 1.19. The summed E-state index contributed by atoms with van der Waals surface area (Å²) >= 11 is 11.7. The van der Waals surface area contributed by atoms with E-state index < -0.39 is 5.91 Å². The van der Waals surface area contributed by atoms with Crippen molar-refractivity contribution in [2.24, 2.45) is 0 Å². The van der Waals surface area contributed by atoms with Gasteiger partial charge in [-0.1, -0.05) is 29.3 Å². The number of para-hydroxylation sites is 1. The molecule has 0 saturated carbocycles. The normalized spacial score (nSPS) is 10.2. The number of carbonyl (C=O) groups excluding carboxylic acids is 1. The lowest BCUT2D eigenvalue weighted by atomic mass is 10.1. The van der Waals surface area contributed by atoms with E-state index >= 15 is 0 Å². The fourth-order valence-electron chi connectivity index (χ4n) is 1.55. The number of rotatable bonds is 3. The lowest BCUT2D eigenvalue weighted by Crippen LogP contribution is -2.15. The molecule has 20 heavy (non-hydrogen) atoms. The Kier molecular flexibility index (Phi) is 4.26. The van der Waals surface area contributed by atoms with Crippen molar-refractivity contribution in [2.75, 3.05) is 18.2 Å². The number of halogens is 2. The molecular weight excluding hydrogens is 303 g/mol. The molecule has 0 unspecified atom stereocenters. The molecule has 0 aliphatic rings. The maximum atomic E-state index is 12.2. The molecule has 0 aliphatic carbocycles. The second-order valence-corrected chi connectivity index (χ2v) is 4.42. The van der Waals surface area contributed by atoms with Crippen LogP contribution in [0.5, 0.6) is 5.75 Å². The number of hydrogen-bond donors (Lipinski definition) is 2. The first-order valence-electron chi connectivity index (χ1n) is 5.44. The van der Waals surface area contributed by atoms with E-state index in [-0.39, 0.29) is 27.2 Å². The van der Waals surface area contributed by atoms with E-state index in [0.29, 0.717) is 5.75 Å². The molecular formula is C12H10Cl2N4O2. The van der Waals surface area contributed by atoms with Gasteiger partial charge in [0.05, 0.1) is 18.4 Å². The number of nitrogens with two attached hydrogens (primary N) is 1. The zero-order valence-electron chi connectivity index (χ0n) is 10.4. The second kappa shape index (κ2) is 5.94. The van der Waals surface area contributed by atoms with Crippen LogP contribution in [0.15, 0.2) is 24.5 Å². The van der Waals surface area contributed by atoms with Crippen molar-refractivity contribution >= 4 is 40.5 Å². The summed E-state index contributed by atoms with van der Waals surface area (Å²) in [5, 5.41) is 2.61. The van der Waals surface area contributed by atoms with Gasteiger partial charge in [0.25, 0.3) is 5.91 Å². The Balaban J connectivity index is 2.34. The minimum Gasteiger partial charge on any atom is -0.495 e. The van der Waals surface area contributed by atoms with Gasteiger partial charge >= 0.3 is 0 Å². The Labute approximate surface area is 124 Å². The number of nitrogen functional groups attached to an aromatic ring is 1. The molecule has 1 amide bonds. The number of methoxy groups -OCH3 is 1. The third-order valence-corrected chi connectivity index (χ3v) is 3.10. The van der Waals surface area contributed by atoms with Gasteiger partial charge in [-0.15, -0.1) is 0 Å². The molecule has 6 nitrogen and oxygen atoms in total. The largest absolute Gasteiger partial charge is 0.495 e. The van der Waals surface area contributed by atoms with E-state index in [2.05, 4.69) is 15.3 Å². The lowest BCUT2D eigenvalue weighted by molar-refractivity contribution is 0.102. The van der Waals surface area contributed by atoms with E-state index in [0.717, 1.165) is 0 Å². The zero-order valence-corrected chi connectivity index (χ0v) is 11.9. The number of anilines is 2. The summed E-state index contributed by atoms with van der Waals surface area (Å²) in [6.45, 7) is 0. The van der Waals surface area contributed by atoms with Crippen LogP contribution in [0.1, 0.15) is 10.4 Å². The molecule has 1 heterocycles. The number of ether oxygens (including phenoxy) is 1. The summed E-state index contributed by atoms with van der Waals surface area (Å²) < 4.78 is 5.05. The monoisotopic (exact) mass is 312 g/mol. The highest BCUT2D eigenvalue weighted by atomic mass is 35.5. The molecule has 1 aromatic heterocycles. The SMILES string of the molecule is COc1cccc(C(=O)Nc2c(Cl)ncnc2Cl)c1N. The molecule has 3 N–H and O–H groups in total. The van der Waals surface area contributed by atoms with E-state index in [4.69, 9.17) is 33.7 Å². The number of aromatic nitrogens is 2. The quantitative estimate of drug-likeness (QED) is 0.671.